The maximum absolute atomic E-state index is 13.3. The number of carbonyl (C=O) groups excluding carboxylic acids is 1. The summed E-state index contributed by atoms with van der Waals surface area (Å²) in [6.45, 7) is 5.94. The fourth-order valence-corrected chi connectivity index (χ4v) is 2.95. The van der Waals surface area contributed by atoms with Crippen LogP contribution >= 0.6 is 0 Å². The molecule has 2 atom stereocenters. The van der Waals surface area contributed by atoms with Gasteiger partial charge in [0, 0.05) is 5.57 Å². The second-order valence-electron chi connectivity index (χ2n) is 6.73. The normalized spacial score (nSPS) is 22.3. The van der Waals surface area contributed by atoms with E-state index < -0.39 is 11.6 Å². The maximum atomic E-state index is 13.3. The highest BCUT2D eigenvalue weighted by Gasteiger charge is 2.24. The first-order chi connectivity index (χ1) is 10.9. The van der Waals surface area contributed by atoms with E-state index in [9.17, 15) is 13.6 Å². The van der Waals surface area contributed by atoms with Crippen LogP contribution in [0.5, 0.6) is 0 Å². The first-order valence-corrected chi connectivity index (χ1v) is 8.24. The van der Waals surface area contributed by atoms with Crippen LogP contribution in [0, 0.1) is 23.5 Å². The Kier molecular flexibility index (Phi) is 5.91. The topological polar surface area (TPSA) is 26.3 Å². The van der Waals surface area contributed by atoms with Gasteiger partial charge in [-0.1, -0.05) is 33.3 Å². The van der Waals surface area contributed by atoms with Gasteiger partial charge in [0.1, 0.15) is 6.10 Å². The number of hydrogen-bond acceptors (Lipinski definition) is 2. The summed E-state index contributed by atoms with van der Waals surface area (Å²) in [6.07, 6.45) is 5.58. The molecule has 0 aliphatic heterocycles. The molecule has 0 heterocycles. The van der Waals surface area contributed by atoms with E-state index in [4.69, 9.17) is 4.74 Å². The largest absolute Gasteiger partial charge is 0.459 e. The van der Waals surface area contributed by atoms with Crippen molar-refractivity contribution in [2.75, 3.05) is 0 Å². The fourth-order valence-electron chi connectivity index (χ4n) is 2.95. The van der Waals surface area contributed by atoms with Crippen LogP contribution in [0.1, 0.15) is 52.0 Å². The molecule has 23 heavy (non-hydrogen) atoms. The Hall–Kier alpha value is -1.71. The molecule has 0 spiro atoms. The SMILES string of the molecule is CC1CCCC(OC(=O)C(=Cc2ccc(F)c(F)c2)C(C)C)C1. The summed E-state index contributed by atoms with van der Waals surface area (Å²) in [7, 11) is 0. The van der Waals surface area contributed by atoms with Gasteiger partial charge < -0.3 is 4.74 Å². The van der Waals surface area contributed by atoms with Gasteiger partial charge in [0.2, 0.25) is 0 Å². The molecule has 1 saturated carbocycles. The minimum absolute atomic E-state index is 0.0432. The third-order valence-electron chi connectivity index (χ3n) is 4.29. The van der Waals surface area contributed by atoms with Crippen molar-refractivity contribution >= 4 is 12.0 Å². The van der Waals surface area contributed by atoms with E-state index in [1.54, 1.807) is 6.08 Å². The van der Waals surface area contributed by atoms with Gasteiger partial charge in [-0.3, -0.25) is 0 Å². The highest BCUT2D eigenvalue weighted by molar-refractivity contribution is 5.94. The lowest BCUT2D eigenvalue weighted by Gasteiger charge is -2.27. The molecule has 4 heteroatoms. The molecule has 1 aromatic carbocycles. The Morgan fingerprint density at radius 1 is 1.26 bits per heavy atom. The van der Waals surface area contributed by atoms with E-state index in [0.717, 1.165) is 31.4 Å². The smallest absolute Gasteiger partial charge is 0.334 e. The number of ether oxygens (including phenoxy) is 1. The lowest BCUT2D eigenvalue weighted by atomic mass is 9.88. The summed E-state index contributed by atoms with van der Waals surface area (Å²) in [6, 6.07) is 3.61. The predicted octanol–water partition coefficient (Wildman–Crippen LogP) is 5.13. The van der Waals surface area contributed by atoms with Crippen LogP contribution in [-0.2, 0) is 9.53 Å². The zero-order chi connectivity index (χ0) is 17.0. The van der Waals surface area contributed by atoms with Gasteiger partial charge in [-0.15, -0.1) is 0 Å². The van der Waals surface area contributed by atoms with E-state index >= 15 is 0 Å². The maximum Gasteiger partial charge on any atom is 0.334 e. The molecule has 0 aromatic heterocycles. The summed E-state index contributed by atoms with van der Waals surface area (Å²) >= 11 is 0. The van der Waals surface area contributed by atoms with Gasteiger partial charge in [-0.2, -0.15) is 0 Å². The van der Waals surface area contributed by atoms with Crippen LogP contribution in [-0.4, -0.2) is 12.1 Å². The lowest BCUT2D eigenvalue weighted by Crippen LogP contribution is -2.26. The van der Waals surface area contributed by atoms with Gasteiger partial charge in [-0.25, -0.2) is 13.6 Å². The van der Waals surface area contributed by atoms with Crippen LogP contribution in [0.4, 0.5) is 8.78 Å². The molecule has 1 aliphatic rings. The third kappa shape index (κ3) is 4.88. The lowest BCUT2D eigenvalue weighted by molar-refractivity contribution is -0.146. The molecule has 2 nitrogen and oxygen atoms in total. The summed E-state index contributed by atoms with van der Waals surface area (Å²) < 4.78 is 32.0. The summed E-state index contributed by atoms with van der Waals surface area (Å²) in [5.41, 5.74) is 0.941. The Morgan fingerprint density at radius 2 is 2.00 bits per heavy atom. The van der Waals surface area contributed by atoms with Crippen LogP contribution in [0.15, 0.2) is 23.8 Å². The van der Waals surface area contributed by atoms with Crippen LogP contribution in [0.3, 0.4) is 0 Å². The molecule has 0 bridgehead atoms. The molecule has 0 N–H and O–H groups in total. The van der Waals surface area contributed by atoms with Crippen molar-refractivity contribution in [2.45, 2.75) is 52.6 Å². The minimum atomic E-state index is -0.920. The summed E-state index contributed by atoms with van der Waals surface area (Å²) in [5, 5.41) is 0. The number of halogens is 2. The monoisotopic (exact) mass is 322 g/mol. The van der Waals surface area contributed by atoms with Crippen LogP contribution < -0.4 is 0 Å². The summed E-state index contributed by atoms with van der Waals surface area (Å²) in [4.78, 5) is 12.5. The molecule has 0 saturated heterocycles. The van der Waals surface area contributed by atoms with E-state index in [1.807, 2.05) is 13.8 Å². The van der Waals surface area contributed by atoms with Crippen molar-refractivity contribution in [3.8, 4) is 0 Å². The fraction of sp³-hybridized carbons (Fsp3) is 0.526. The second kappa shape index (κ2) is 7.71. The predicted molar refractivity (Wildman–Crippen MR) is 86.7 cm³/mol. The van der Waals surface area contributed by atoms with E-state index in [1.165, 1.54) is 12.5 Å². The number of rotatable bonds is 4. The first kappa shape index (κ1) is 17.6. The molecule has 1 aliphatic carbocycles. The van der Waals surface area contributed by atoms with Crippen molar-refractivity contribution in [3.05, 3.63) is 41.0 Å². The molecule has 1 aromatic rings. The van der Waals surface area contributed by atoms with Crippen LogP contribution in [0.2, 0.25) is 0 Å². The standard InChI is InChI=1S/C19H24F2O2/c1-12(2)16(10-14-7-8-17(20)18(21)11-14)19(22)23-15-6-4-5-13(3)9-15/h7-8,10-13,15H,4-6,9H2,1-3H3. The zero-order valence-electron chi connectivity index (χ0n) is 13.9. The van der Waals surface area contributed by atoms with Gasteiger partial charge in [0.15, 0.2) is 11.6 Å². The van der Waals surface area contributed by atoms with E-state index in [2.05, 4.69) is 6.92 Å². The minimum Gasteiger partial charge on any atom is -0.459 e. The number of benzene rings is 1. The van der Waals surface area contributed by atoms with Crippen LogP contribution in [0.25, 0.3) is 6.08 Å². The Balaban J connectivity index is 2.14. The Bertz CT molecular complexity index is 593. The molecule has 2 unspecified atom stereocenters. The molecule has 1 fully saturated rings. The second-order valence-corrected chi connectivity index (χ2v) is 6.73. The highest BCUT2D eigenvalue weighted by atomic mass is 19.2. The zero-order valence-corrected chi connectivity index (χ0v) is 13.9. The van der Waals surface area contributed by atoms with Crippen molar-refractivity contribution in [3.63, 3.8) is 0 Å². The number of esters is 1. The Labute approximate surface area is 136 Å². The number of hydrogen-bond donors (Lipinski definition) is 0. The highest BCUT2D eigenvalue weighted by Crippen LogP contribution is 2.27. The molecule has 0 radical (unpaired) electrons. The molecular formula is C19H24F2O2. The van der Waals surface area contributed by atoms with Gasteiger partial charge in [0.25, 0.3) is 0 Å². The molecular weight excluding hydrogens is 298 g/mol. The quantitative estimate of drug-likeness (QED) is 0.567. The average Bonchev–Trinajstić information content (AvgIpc) is 2.48. The van der Waals surface area contributed by atoms with Crippen molar-refractivity contribution in [1.82, 2.24) is 0 Å². The van der Waals surface area contributed by atoms with Crippen molar-refractivity contribution in [1.29, 1.82) is 0 Å². The van der Waals surface area contributed by atoms with Crippen molar-refractivity contribution in [2.24, 2.45) is 11.8 Å². The van der Waals surface area contributed by atoms with Gasteiger partial charge in [0.05, 0.1) is 0 Å². The van der Waals surface area contributed by atoms with E-state index in [0.29, 0.717) is 17.1 Å². The Morgan fingerprint density at radius 3 is 2.61 bits per heavy atom. The van der Waals surface area contributed by atoms with E-state index in [-0.39, 0.29) is 18.0 Å². The first-order valence-electron chi connectivity index (χ1n) is 8.24. The number of carbonyl (C=O) groups is 1. The van der Waals surface area contributed by atoms with Crippen molar-refractivity contribution < 1.29 is 18.3 Å². The third-order valence-corrected chi connectivity index (χ3v) is 4.29. The summed E-state index contributed by atoms with van der Waals surface area (Å²) in [5.74, 6) is -1.66. The van der Waals surface area contributed by atoms with Gasteiger partial charge >= 0.3 is 5.97 Å². The molecule has 2 rings (SSSR count). The molecule has 126 valence electrons. The molecule has 0 amide bonds. The van der Waals surface area contributed by atoms with Gasteiger partial charge in [-0.05, 0) is 54.9 Å². The average molecular weight is 322 g/mol.